The molecule has 16 nitrogen and oxygen atoms in total. The van der Waals surface area contributed by atoms with Crippen molar-refractivity contribution in [1.82, 2.24) is 24.5 Å². The average Bonchev–Trinajstić information content (AvgIpc) is 3.88. The molecule has 4 aromatic carbocycles. The van der Waals surface area contributed by atoms with E-state index in [2.05, 4.69) is 91.0 Å². The zero-order chi connectivity index (χ0) is 52.8. The summed E-state index contributed by atoms with van der Waals surface area (Å²) < 4.78 is 42.3. The second kappa shape index (κ2) is 21.1. The van der Waals surface area contributed by atoms with Crippen LogP contribution in [-0.4, -0.2) is 102 Å². The number of amides is 1. The van der Waals surface area contributed by atoms with Crippen molar-refractivity contribution in [2.24, 2.45) is 11.3 Å². The number of hydrogen-bond donors (Lipinski definition) is 4. The number of nitro benzene ring substituents is 1. The molecule has 2 saturated heterocycles. The summed E-state index contributed by atoms with van der Waals surface area (Å²) in [7, 11) is -4.59. The number of nitrogens with one attached hydrogen (secondary N) is 3. The van der Waals surface area contributed by atoms with Gasteiger partial charge in [-0.05, 0) is 153 Å². The fourth-order valence-corrected chi connectivity index (χ4v) is 13.7. The molecule has 3 aliphatic heterocycles. The van der Waals surface area contributed by atoms with Crippen molar-refractivity contribution < 1.29 is 32.7 Å². The van der Waals surface area contributed by atoms with Crippen molar-refractivity contribution in [2.75, 3.05) is 56.1 Å². The van der Waals surface area contributed by atoms with Crippen LogP contribution in [0.3, 0.4) is 0 Å². The van der Waals surface area contributed by atoms with E-state index < -0.39 is 37.0 Å². The Morgan fingerprint density at radius 1 is 0.974 bits per heavy atom. The average molecular weight is 1050 g/mol. The Morgan fingerprint density at radius 2 is 1.78 bits per heavy atom. The van der Waals surface area contributed by atoms with Crippen LogP contribution in [0.15, 0.2) is 108 Å². The lowest BCUT2D eigenvalue weighted by Gasteiger charge is -2.58. The second-order valence-electron chi connectivity index (χ2n) is 22.8. The number of aromatic nitrogens is 2. The normalized spacial score (nSPS) is 22.2. The zero-order valence-corrected chi connectivity index (χ0v) is 44.6. The fraction of sp³-hybridized carbons (Fsp3) is 0.458. The molecule has 5 aliphatic rings. The van der Waals surface area contributed by atoms with E-state index in [0.717, 1.165) is 120 Å². The molecule has 1 unspecified atom stereocenters. The number of aromatic amines is 1. The Hall–Kier alpha value is -6.53. The molecule has 17 heteroatoms. The summed E-state index contributed by atoms with van der Waals surface area (Å²) in [5, 5.41) is 26.5. The number of pyridine rings is 1. The van der Waals surface area contributed by atoms with Gasteiger partial charge in [-0.2, -0.15) is 0 Å². The SMILES string of the molecule is CC(C)c1ccccc1C1CN(Cc2ccc3c(c2)CCCO3)CCN1C1CC2(CCN(c3ccc(C(=O)NS(=O)(=O)c4ccc(NC[C@H]5CC[C@](C)(O)CC5)c([N+](=O)[O-])c4)c(Oc4cnc5[nH]ccc5c4)c3)CC2)C1. The number of rotatable bonds is 15. The molecule has 11 rings (SSSR count). The van der Waals surface area contributed by atoms with Gasteiger partial charge in [-0.15, -0.1) is 0 Å². The van der Waals surface area contributed by atoms with Crippen LogP contribution < -0.4 is 24.4 Å². The van der Waals surface area contributed by atoms with Crippen LogP contribution in [-0.2, 0) is 23.0 Å². The number of piperidine rings is 1. The minimum Gasteiger partial charge on any atom is -0.493 e. The smallest absolute Gasteiger partial charge is 0.293 e. The van der Waals surface area contributed by atoms with E-state index in [4.69, 9.17) is 9.47 Å². The summed E-state index contributed by atoms with van der Waals surface area (Å²) in [5.74, 6) is 1.22. The monoisotopic (exact) mass is 1050 g/mol. The minimum absolute atomic E-state index is 0.0259. The lowest BCUT2D eigenvalue weighted by molar-refractivity contribution is -0.384. The van der Waals surface area contributed by atoms with Crippen LogP contribution in [0.5, 0.6) is 17.2 Å². The predicted molar refractivity (Wildman–Crippen MR) is 294 cm³/mol. The molecular weight excluding hydrogens is 981 g/mol. The van der Waals surface area contributed by atoms with Crippen LogP contribution in [0.25, 0.3) is 11.0 Å². The number of benzene rings is 4. The highest BCUT2D eigenvalue weighted by Gasteiger charge is 2.50. The number of sulfonamides is 1. The minimum atomic E-state index is -4.59. The summed E-state index contributed by atoms with van der Waals surface area (Å²) in [6, 6.07) is 29.0. The number of fused-ring (bicyclic) bond motifs is 2. The molecule has 0 bridgehead atoms. The first-order chi connectivity index (χ1) is 36.6. The van der Waals surface area contributed by atoms with E-state index in [0.29, 0.717) is 48.8 Å². The third-order valence-electron chi connectivity index (χ3n) is 17.1. The van der Waals surface area contributed by atoms with Crippen LogP contribution in [0.4, 0.5) is 17.1 Å². The number of nitrogens with zero attached hydrogens (tertiary/aromatic N) is 5. The van der Waals surface area contributed by atoms with Gasteiger partial charge in [-0.1, -0.05) is 50.2 Å². The van der Waals surface area contributed by atoms with E-state index in [1.807, 2.05) is 19.1 Å². The van der Waals surface area contributed by atoms with Gasteiger partial charge in [0.1, 0.15) is 28.6 Å². The number of nitro groups is 1. The number of H-pyrrole nitrogens is 1. The molecule has 6 aromatic rings. The number of aryl methyl sites for hydroxylation is 1. The van der Waals surface area contributed by atoms with Gasteiger partial charge in [-0.3, -0.25) is 24.7 Å². The van der Waals surface area contributed by atoms with Gasteiger partial charge in [0.2, 0.25) is 0 Å². The van der Waals surface area contributed by atoms with Gasteiger partial charge in [0.05, 0.1) is 33.8 Å². The zero-order valence-electron chi connectivity index (χ0n) is 43.8. The van der Waals surface area contributed by atoms with Crippen molar-refractivity contribution in [3.05, 3.63) is 141 Å². The molecule has 2 saturated carbocycles. The molecule has 4 N–H and O–H groups in total. The van der Waals surface area contributed by atoms with Crippen molar-refractivity contribution in [3.8, 4) is 17.2 Å². The van der Waals surface area contributed by atoms with Gasteiger partial charge in [0.15, 0.2) is 0 Å². The van der Waals surface area contributed by atoms with Crippen molar-refractivity contribution >= 4 is 44.0 Å². The molecular formula is C59H70N8O8S. The third kappa shape index (κ3) is 11.0. The number of anilines is 2. The molecule has 4 fully saturated rings. The van der Waals surface area contributed by atoms with Crippen LogP contribution in [0, 0.1) is 21.4 Å². The lowest BCUT2D eigenvalue weighted by Crippen LogP contribution is -2.60. The highest BCUT2D eigenvalue weighted by atomic mass is 32.2. The van der Waals surface area contributed by atoms with Crippen LogP contribution in [0.1, 0.15) is 123 Å². The highest BCUT2D eigenvalue weighted by molar-refractivity contribution is 7.90. The van der Waals surface area contributed by atoms with Gasteiger partial charge >= 0.3 is 0 Å². The third-order valence-corrected chi connectivity index (χ3v) is 18.5. The lowest BCUT2D eigenvalue weighted by atomic mass is 9.59. The van der Waals surface area contributed by atoms with Crippen molar-refractivity contribution in [2.45, 2.75) is 120 Å². The van der Waals surface area contributed by atoms with Gasteiger partial charge < -0.3 is 29.8 Å². The quantitative estimate of drug-likeness (QED) is 0.0561. The molecule has 1 atom stereocenters. The van der Waals surface area contributed by atoms with E-state index in [-0.39, 0.29) is 28.3 Å². The molecule has 2 aliphatic carbocycles. The number of piperazine rings is 1. The van der Waals surface area contributed by atoms with Gasteiger partial charge in [0.25, 0.3) is 21.6 Å². The predicted octanol–water partition coefficient (Wildman–Crippen LogP) is 10.5. The maximum absolute atomic E-state index is 14.1. The van der Waals surface area contributed by atoms with E-state index in [9.17, 15) is 28.4 Å². The maximum Gasteiger partial charge on any atom is 0.293 e. The Bertz CT molecular complexity index is 3220. The first kappa shape index (κ1) is 51.6. The first-order valence-electron chi connectivity index (χ1n) is 27.2. The molecule has 2 aromatic heterocycles. The Morgan fingerprint density at radius 3 is 2.57 bits per heavy atom. The van der Waals surface area contributed by atoms with Gasteiger partial charge in [-0.25, -0.2) is 18.1 Å². The van der Waals surface area contributed by atoms with E-state index in [1.54, 1.807) is 30.6 Å². The second-order valence-corrected chi connectivity index (χ2v) is 24.5. The van der Waals surface area contributed by atoms with E-state index >= 15 is 0 Å². The summed E-state index contributed by atoms with van der Waals surface area (Å²) in [5.41, 5.74) is 6.31. The largest absolute Gasteiger partial charge is 0.493 e. The topological polar surface area (TPSA) is 195 Å². The maximum atomic E-state index is 14.1. The molecule has 0 radical (unpaired) electrons. The van der Waals surface area contributed by atoms with Crippen LogP contribution in [0.2, 0.25) is 0 Å². The van der Waals surface area contributed by atoms with E-state index in [1.165, 1.54) is 34.4 Å². The summed E-state index contributed by atoms with van der Waals surface area (Å²) >= 11 is 0. The molecule has 1 amide bonds. The number of hydrogen-bond acceptors (Lipinski definition) is 13. The molecule has 76 heavy (non-hydrogen) atoms. The molecule has 400 valence electrons. The van der Waals surface area contributed by atoms with Crippen molar-refractivity contribution in [1.29, 1.82) is 0 Å². The Balaban J connectivity index is 0.776. The first-order valence-corrected chi connectivity index (χ1v) is 28.7. The number of aliphatic hydroxyl groups is 1. The van der Waals surface area contributed by atoms with Crippen molar-refractivity contribution in [3.63, 3.8) is 0 Å². The Kier molecular flexibility index (Phi) is 14.3. The molecule has 1 spiro atoms. The number of ether oxygens (including phenoxy) is 2. The summed E-state index contributed by atoms with van der Waals surface area (Å²) in [6.45, 7) is 13.2. The standard InChI is InChI=1S/C59H70N8O8S/c1-39(2)48-8-4-5-9-49(48)53-38-64(37-41-10-15-54-42(29-41)7-6-28-74-54)26-27-66(53)45-33-59(34-45)21-24-65(25-22-59)44-11-13-50(55(31-44)75-46-30-43-18-23-60-56(43)62-36-46)57(68)63-76(72,73)47-12-14-51(52(32-47)67(70)71)61-35-40-16-19-58(3,69)20-17-40/h4-5,8-15,18,23,29-32,36,39-40,45,53,61,69H,6-7,16-17,19-22,24-28,33-35,37-38H2,1-3H3,(H,60,62)(H,63,68)/t40-,53?,58-. The fourth-order valence-electron chi connectivity index (χ4n) is 12.7. The summed E-state index contributed by atoms with van der Waals surface area (Å²) in [6.07, 6.45) is 12.6. The highest BCUT2D eigenvalue weighted by Crippen LogP contribution is 2.53. The Labute approximate surface area is 445 Å². The number of carbonyl (C=O) groups is 1. The molecule has 5 heterocycles. The number of carbonyl (C=O) groups excluding carboxylic acids is 1. The van der Waals surface area contributed by atoms with Gasteiger partial charge in [0, 0.05) is 87.3 Å². The van der Waals surface area contributed by atoms with Crippen LogP contribution >= 0.6 is 0 Å². The summed E-state index contributed by atoms with van der Waals surface area (Å²) in [4.78, 5) is 40.7.